The van der Waals surface area contributed by atoms with Crippen molar-refractivity contribution in [2.45, 2.75) is 64.8 Å². The smallest absolute Gasteiger partial charge is 0.467 e. The van der Waals surface area contributed by atoms with Gasteiger partial charge in [0.1, 0.15) is 42.8 Å². The quantitative estimate of drug-likeness (QED) is 0.0468. The van der Waals surface area contributed by atoms with Crippen molar-refractivity contribution < 1.29 is 42.9 Å². The number of methoxy groups -OCH3 is 1. The number of hydrogen-bond donors (Lipinski definition) is 3. The maximum Gasteiger partial charge on any atom is 0.508 e. The highest BCUT2D eigenvalue weighted by molar-refractivity contribution is 8.76. The third kappa shape index (κ3) is 11.9. The zero-order valence-corrected chi connectivity index (χ0v) is 29.3. The van der Waals surface area contributed by atoms with Gasteiger partial charge in [-0.2, -0.15) is 0 Å². The molecule has 1 aromatic carbocycles. The molecule has 0 aliphatic carbocycles. The Labute approximate surface area is 287 Å². The fourth-order valence-corrected chi connectivity index (χ4v) is 6.35. The Bertz CT molecular complexity index is 1520. The molecule has 3 rings (SSSR count). The molecule has 0 bridgehead atoms. The van der Waals surface area contributed by atoms with E-state index in [9.17, 15) is 19.2 Å². The van der Waals surface area contributed by atoms with Gasteiger partial charge in [-0.15, -0.1) is 0 Å². The number of alkyl carbamates (subject to hydrolysis) is 1. The van der Waals surface area contributed by atoms with Crippen molar-refractivity contribution in [2.24, 2.45) is 0 Å². The van der Waals surface area contributed by atoms with Gasteiger partial charge in [-0.3, -0.25) is 4.79 Å². The fourth-order valence-electron chi connectivity index (χ4n) is 4.70. The second kappa shape index (κ2) is 19.8. The van der Waals surface area contributed by atoms with Crippen LogP contribution < -0.4 is 16.4 Å². The normalized spacial score (nSPS) is 12.0. The predicted molar refractivity (Wildman–Crippen MR) is 184 cm³/mol. The Morgan fingerprint density at radius 3 is 2.52 bits per heavy atom. The number of pyridine rings is 1. The van der Waals surface area contributed by atoms with Crippen LogP contribution in [0.1, 0.15) is 45.9 Å². The molecule has 4 N–H and O–H groups in total. The highest BCUT2D eigenvalue weighted by Gasteiger charge is 2.28. The average molecular weight is 709 g/mol. The number of anilines is 1. The molecule has 0 fully saturated rings. The van der Waals surface area contributed by atoms with Crippen LogP contribution in [0.15, 0.2) is 24.3 Å². The summed E-state index contributed by atoms with van der Waals surface area (Å²) in [7, 11) is 4.21. The second-order valence-corrected chi connectivity index (χ2v) is 13.7. The summed E-state index contributed by atoms with van der Waals surface area (Å²) in [6.45, 7) is 7.26. The second-order valence-electron chi connectivity index (χ2n) is 11.0. The van der Waals surface area contributed by atoms with Crippen LogP contribution in [-0.4, -0.2) is 95.8 Å². The number of carbonyl (C=O) groups excluding carboxylic acids is 4. The number of rotatable bonds is 21. The molecule has 3 aromatic rings. The molecule has 17 heteroatoms. The van der Waals surface area contributed by atoms with Crippen molar-refractivity contribution in [2.75, 3.05) is 50.7 Å². The van der Waals surface area contributed by atoms with E-state index in [-0.39, 0.29) is 26.4 Å². The molecule has 48 heavy (non-hydrogen) atoms. The third-order valence-electron chi connectivity index (χ3n) is 6.84. The molecule has 2 heterocycles. The summed E-state index contributed by atoms with van der Waals surface area (Å²) in [6.07, 6.45) is 0.744. The number of nitrogens with zero attached hydrogens (tertiary/aromatic N) is 3. The van der Waals surface area contributed by atoms with Crippen molar-refractivity contribution in [3.05, 3.63) is 30.1 Å². The van der Waals surface area contributed by atoms with E-state index in [4.69, 9.17) is 29.7 Å². The Morgan fingerprint density at radius 1 is 1.08 bits per heavy atom. The van der Waals surface area contributed by atoms with Crippen LogP contribution in [-0.2, 0) is 46.4 Å². The van der Waals surface area contributed by atoms with Crippen LogP contribution in [0, 0.1) is 0 Å². The van der Waals surface area contributed by atoms with E-state index >= 15 is 0 Å². The van der Waals surface area contributed by atoms with Crippen molar-refractivity contribution >= 4 is 74.0 Å². The van der Waals surface area contributed by atoms with Gasteiger partial charge < -0.3 is 44.6 Å². The standard InChI is InChI=1S/C31H44N6O9S2/c1-5-43-18-24-36-25-26(21-10-6-7-11-22(21)35-27(25)32)37(24)19-31(2,3)46-30(41)45-15-17-48-47-16-14-44-29(40)33-13-9-8-12-23(34-20-38)28(39)42-4/h6-7,10-11,20,23H,5,8-9,12-19H2,1-4H3,(H2,32,35)(H,33,40)(H,34,38). The number of hydrogen-bond acceptors (Lipinski definition) is 14. The summed E-state index contributed by atoms with van der Waals surface area (Å²) in [4.78, 5) is 55.8. The van der Waals surface area contributed by atoms with Gasteiger partial charge in [0, 0.05) is 30.0 Å². The molecule has 1 unspecified atom stereocenters. The summed E-state index contributed by atoms with van der Waals surface area (Å²) < 4.78 is 28.4. The molecule has 264 valence electrons. The number of fused-ring (bicyclic) bond motifs is 3. The van der Waals surface area contributed by atoms with Crippen LogP contribution >= 0.6 is 21.6 Å². The van der Waals surface area contributed by atoms with E-state index in [0.717, 1.165) is 16.4 Å². The van der Waals surface area contributed by atoms with E-state index in [2.05, 4.69) is 20.4 Å². The van der Waals surface area contributed by atoms with Gasteiger partial charge in [0.25, 0.3) is 0 Å². The monoisotopic (exact) mass is 708 g/mol. The molecule has 1 atom stereocenters. The number of imidazole rings is 1. The number of nitrogens with two attached hydrogens (primary N) is 1. The molecular weight excluding hydrogens is 665 g/mol. The van der Waals surface area contributed by atoms with E-state index in [0.29, 0.717) is 67.5 Å². The SMILES string of the molecule is CCOCc1nc2c(N)nc3ccccc3c2n1CC(C)(C)OC(=O)OCCSSCCOC(=O)NCCCCC(NC=O)C(=O)OC. The highest BCUT2D eigenvalue weighted by Crippen LogP contribution is 2.31. The number of ether oxygens (including phenoxy) is 5. The third-order valence-corrected chi connectivity index (χ3v) is 9.17. The lowest BCUT2D eigenvalue weighted by atomic mass is 10.1. The number of aromatic nitrogens is 3. The van der Waals surface area contributed by atoms with Gasteiger partial charge in [-0.1, -0.05) is 39.8 Å². The first kappa shape index (κ1) is 38.5. The maximum atomic E-state index is 12.6. The molecule has 0 aliphatic heterocycles. The number of benzene rings is 1. The Morgan fingerprint density at radius 2 is 1.81 bits per heavy atom. The van der Waals surface area contributed by atoms with Crippen LogP contribution in [0.25, 0.3) is 21.9 Å². The van der Waals surface area contributed by atoms with Gasteiger partial charge in [-0.05, 0) is 46.1 Å². The van der Waals surface area contributed by atoms with Crippen LogP contribution in [0.2, 0.25) is 0 Å². The van der Waals surface area contributed by atoms with Crippen LogP contribution in [0.3, 0.4) is 0 Å². The lowest BCUT2D eigenvalue weighted by molar-refractivity contribution is -0.144. The minimum Gasteiger partial charge on any atom is -0.467 e. The largest absolute Gasteiger partial charge is 0.508 e. The molecule has 2 amide bonds. The van der Waals surface area contributed by atoms with E-state index < -0.39 is 29.9 Å². The van der Waals surface area contributed by atoms with E-state index in [1.165, 1.54) is 28.7 Å². The molecule has 0 spiro atoms. The summed E-state index contributed by atoms with van der Waals surface area (Å²) in [5.41, 5.74) is 7.41. The van der Waals surface area contributed by atoms with E-state index in [1.807, 2.05) is 35.8 Å². The van der Waals surface area contributed by atoms with Crippen molar-refractivity contribution in [3.8, 4) is 0 Å². The van der Waals surface area contributed by atoms with Gasteiger partial charge >= 0.3 is 18.2 Å². The zero-order valence-electron chi connectivity index (χ0n) is 27.7. The predicted octanol–water partition coefficient (Wildman–Crippen LogP) is 4.20. The molecule has 0 saturated carbocycles. The highest BCUT2D eigenvalue weighted by atomic mass is 33.1. The van der Waals surface area contributed by atoms with Gasteiger partial charge in [-0.25, -0.2) is 24.4 Å². The first-order valence-electron chi connectivity index (χ1n) is 15.5. The number of para-hydroxylation sites is 1. The lowest BCUT2D eigenvalue weighted by Crippen LogP contribution is -2.36. The molecule has 0 aliphatic rings. The van der Waals surface area contributed by atoms with Crippen molar-refractivity contribution in [3.63, 3.8) is 0 Å². The minimum absolute atomic E-state index is 0.142. The molecular formula is C31H44N6O9S2. The summed E-state index contributed by atoms with van der Waals surface area (Å²) in [6, 6.07) is 6.95. The van der Waals surface area contributed by atoms with Crippen LogP contribution in [0.4, 0.5) is 15.4 Å². The lowest BCUT2D eigenvalue weighted by Gasteiger charge is -2.26. The van der Waals surface area contributed by atoms with E-state index in [1.54, 1.807) is 13.8 Å². The van der Waals surface area contributed by atoms with Crippen molar-refractivity contribution in [1.82, 2.24) is 25.2 Å². The van der Waals surface area contributed by atoms with Gasteiger partial charge in [0.15, 0.2) is 5.82 Å². The fraction of sp³-hybridized carbons (Fsp3) is 0.548. The van der Waals surface area contributed by atoms with Gasteiger partial charge in [0.05, 0.1) is 24.7 Å². The Balaban J connectivity index is 1.35. The average Bonchev–Trinajstić information content (AvgIpc) is 3.41. The summed E-state index contributed by atoms with van der Waals surface area (Å²) in [5.74, 6) is 1.51. The van der Waals surface area contributed by atoms with Gasteiger partial charge in [0.2, 0.25) is 6.41 Å². The molecule has 15 nitrogen and oxygen atoms in total. The number of nitrogens with one attached hydrogen (secondary N) is 2. The Hall–Kier alpha value is -3.96. The Kier molecular flexibility index (Phi) is 15.8. The number of nitrogen functional groups attached to an aromatic ring is 1. The van der Waals surface area contributed by atoms with Crippen molar-refractivity contribution in [1.29, 1.82) is 0 Å². The number of esters is 1. The first-order valence-corrected chi connectivity index (χ1v) is 18.0. The summed E-state index contributed by atoms with van der Waals surface area (Å²) >= 11 is 0. The number of amides is 2. The minimum atomic E-state index is -0.955. The van der Waals surface area contributed by atoms with Crippen LogP contribution in [0.5, 0.6) is 0 Å². The molecule has 0 radical (unpaired) electrons. The molecule has 2 aromatic heterocycles. The topological polar surface area (TPSA) is 195 Å². The zero-order chi connectivity index (χ0) is 34.9. The number of unbranched alkanes of at least 4 members (excludes halogenated alkanes) is 1. The first-order chi connectivity index (χ1) is 23.1. The number of carbonyl (C=O) groups is 4. The summed E-state index contributed by atoms with van der Waals surface area (Å²) in [5, 5.41) is 5.93. The molecule has 0 saturated heterocycles. The maximum absolute atomic E-state index is 12.6.